The van der Waals surface area contributed by atoms with E-state index in [4.69, 9.17) is 21.3 Å². The molecule has 1 aliphatic heterocycles. The molecular formula is C21H22ClN5O2. The van der Waals surface area contributed by atoms with Crippen molar-refractivity contribution in [3.63, 3.8) is 0 Å². The third kappa shape index (κ3) is 4.46. The number of methoxy groups -OCH3 is 1. The third-order valence-electron chi connectivity index (χ3n) is 4.44. The second-order valence-corrected chi connectivity index (χ2v) is 6.81. The van der Waals surface area contributed by atoms with Crippen molar-refractivity contribution in [1.29, 1.82) is 0 Å². The van der Waals surface area contributed by atoms with Crippen LogP contribution in [0.5, 0.6) is 5.75 Å². The van der Waals surface area contributed by atoms with Crippen LogP contribution >= 0.6 is 11.6 Å². The SMILES string of the molecule is CCC(N)=O.COc1ccc2c(c1)C(c1ccc(Cl)cc1)=NCc1nnc(C)n1-2. The van der Waals surface area contributed by atoms with Gasteiger partial charge in [0.05, 0.1) is 18.5 Å². The Kier molecular flexibility index (Phi) is 6.29. The van der Waals surface area contributed by atoms with Crippen molar-refractivity contribution in [2.75, 3.05) is 7.11 Å². The number of amides is 1. The second-order valence-electron chi connectivity index (χ2n) is 6.37. The number of carbonyl (C=O) groups is 1. The first-order chi connectivity index (χ1) is 13.9. The molecule has 8 heteroatoms. The molecule has 7 nitrogen and oxygen atoms in total. The summed E-state index contributed by atoms with van der Waals surface area (Å²) in [6, 6.07) is 13.6. The van der Waals surface area contributed by atoms with E-state index in [1.54, 1.807) is 14.0 Å². The number of primary amides is 1. The summed E-state index contributed by atoms with van der Waals surface area (Å²) in [5.41, 5.74) is 8.54. The van der Waals surface area contributed by atoms with Crippen LogP contribution in [0.4, 0.5) is 0 Å². The average molecular weight is 412 g/mol. The predicted octanol–water partition coefficient (Wildman–Crippen LogP) is 3.47. The number of aromatic nitrogens is 3. The number of nitrogens with zero attached hydrogens (tertiary/aromatic N) is 4. The molecule has 2 aromatic carbocycles. The Morgan fingerprint density at radius 2 is 1.90 bits per heavy atom. The molecule has 0 bridgehead atoms. The lowest BCUT2D eigenvalue weighted by atomic mass is 10.00. The molecule has 0 spiro atoms. The number of hydrogen-bond acceptors (Lipinski definition) is 5. The molecule has 1 aliphatic rings. The lowest BCUT2D eigenvalue weighted by Gasteiger charge is -2.14. The zero-order valence-corrected chi connectivity index (χ0v) is 17.3. The van der Waals surface area contributed by atoms with E-state index in [0.29, 0.717) is 18.0 Å². The number of ether oxygens (including phenoxy) is 1. The summed E-state index contributed by atoms with van der Waals surface area (Å²) in [6.45, 7) is 4.13. The number of halogens is 1. The maximum Gasteiger partial charge on any atom is 0.217 e. The number of hydrogen-bond donors (Lipinski definition) is 1. The third-order valence-corrected chi connectivity index (χ3v) is 4.69. The van der Waals surface area contributed by atoms with Gasteiger partial charge in [-0.25, -0.2) is 0 Å². The van der Waals surface area contributed by atoms with Gasteiger partial charge in [-0.1, -0.05) is 30.7 Å². The van der Waals surface area contributed by atoms with Gasteiger partial charge in [0.15, 0.2) is 5.82 Å². The lowest BCUT2D eigenvalue weighted by Crippen LogP contribution is -2.08. The minimum atomic E-state index is -0.245. The highest BCUT2D eigenvalue weighted by Crippen LogP contribution is 2.29. The van der Waals surface area contributed by atoms with Gasteiger partial charge in [-0.2, -0.15) is 0 Å². The van der Waals surface area contributed by atoms with Crippen molar-refractivity contribution in [3.8, 4) is 11.4 Å². The van der Waals surface area contributed by atoms with Gasteiger partial charge in [0.2, 0.25) is 5.91 Å². The van der Waals surface area contributed by atoms with Gasteiger partial charge in [-0.3, -0.25) is 14.4 Å². The molecule has 0 saturated carbocycles. The van der Waals surface area contributed by atoms with Crippen LogP contribution in [0.3, 0.4) is 0 Å². The van der Waals surface area contributed by atoms with Gasteiger partial charge in [-0.05, 0) is 37.3 Å². The van der Waals surface area contributed by atoms with E-state index in [9.17, 15) is 4.79 Å². The summed E-state index contributed by atoms with van der Waals surface area (Å²) in [6.07, 6.45) is 0.444. The van der Waals surface area contributed by atoms with Crippen LogP contribution in [0.25, 0.3) is 5.69 Å². The molecule has 0 saturated heterocycles. The van der Waals surface area contributed by atoms with Crippen LogP contribution in [-0.2, 0) is 11.3 Å². The predicted molar refractivity (Wildman–Crippen MR) is 113 cm³/mol. The Bertz CT molecular complexity index is 1060. The van der Waals surface area contributed by atoms with Gasteiger partial charge < -0.3 is 10.5 Å². The van der Waals surface area contributed by atoms with Crippen LogP contribution < -0.4 is 10.5 Å². The Morgan fingerprint density at radius 3 is 2.52 bits per heavy atom. The molecule has 0 unspecified atom stereocenters. The van der Waals surface area contributed by atoms with E-state index in [1.165, 1.54) is 0 Å². The number of aryl methyl sites for hydroxylation is 1. The van der Waals surface area contributed by atoms with Crippen molar-refractivity contribution in [2.45, 2.75) is 26.8 Å². The highest BCUT2D eigenvalue weighted by Gasteiger charge is 2.22. The van der Waals surface area contributed by atoms with Crippen molar-refractivity contribution < 1.29 is 9.53 Å². The first kappa shape index (κ1) is 20.5. The van der Waals surface area contributed by atoms with Crippen molar-refractivity contribution in [1.82, 2.24) is 14.8 Å². The molecule has 3 aromatic rings. The van der Waals surface area contributed by atoms with Crippen LogP contribution in [0.15, 0.2) is 47.5 Å². The van der Waals surface area contributed by atoms with Crippen LogP contribution in [0.2, 0.25) is 5.02 Å². The maximum atomic E-state index is 9.59. The molecule has 150 valence electrons. The summed E-state index contributed by atoms with van der Waals surface area (Å²) < 4.78 is 7.45. The fourth-order valence-electron chi connectivity index (χ4n) is 2.94. The van der Waals surface area contributed by atoms with E-state index < -0.39 is 0 Å². The molecule has 0 fully saturated rings. The first-order valence-electron chi connectivity index (χ1n) is 9.13. The second kappa shape index (κ2) is 8.87. The first-order valence-corrected chi connectivity index (χ1v) is 9.50. The van der Waals surface area contributed by atoms with Crippen LogP contribution in [-0.4, -0.2) is 33.5 Å². The minimum absolute atomic E-state index is 0.245. The molecule has 0 aliphatic carbocycles. The monoisotopic (exact) mass is 411 g/mol. The van der Waals surface area contributed by atoms with Crippen molar-refractivity contribution >= 4 is 23.2 Å². The number of carbonyl (C=O) groups excluding carboxylic acids is 1. The molecular weight excluding hydrogens is 390 g/mol. The summed E-state index contributed by atoms with van der Waals surface area (Å²) in [5, 5.41) is 9.14. The van der Waals surface area contributed by atoms with Crippen LogP contribution in [0.1, 0.15) is 36.1 Å². The fraction of sp³-hybridized carbons (Fsp3) is 0.238. The normalized spacial score (nSPS) is 11.9. The van der Waals surface area contributed by atoms with Gasteiger partial charge in [-0.15, -0.1) is 10.2 Å². The van der Waals surface area contributed by atoms with E-state index in [1.807, 2.05) is 54.0 Å². The smallest absolute Gasteiger partial charge is 0.217 e. The Balaban J connectivity index is 0.000000431. The topological polar surface area (TPSA) is 95.4 Å². The Labute approximate surface area is 174 Å². The fourth-order valence-corrected chi connectivity index (χ4v) is 3.06. The zero-order chi connectivity index (χ0) is 21.0. The van der Waals surface area contributed by atoms with Crippen molar-refractivity contribution in [3.05, 3.63) is 70.3 Å². The van der Waals surface area contributed by atoms with Gasteiger partial charge in [0.25, 0.3) is 0 Å². The number of aliphatic imine (C=N–C) groups is 1. The summed E-state index contributed by atoms with van der Waals surface area (Å²) in [5.74, 6) is 2.20. The molecule has 0 radical (unpaired) electrons. The minimum Gasteiger partial charge on any atom is -0.497 e. The zero-order valence-electron chi connectivity index (χ0n) is 16.5. The number of rotatable bonds is 3. The molecule has 0 atom stereocenters. The molecule has 1 amide bonds. The lowest BCUT2D eigenvalue weighted by molar-refractivity contribution is -0.117. The molecule has 2 N–H and O–H groups in total. The number of benzene rings is 2. The molecule has 1 aromatic heterocycles. The van der Waals surface area contributed by atoms with Crippen molar-refractivity contribution in [2.24, 2.45) is 10.7 Å². The summed E-state index contributed by atoms with van der Waals surface area (Å²) in [7, 11) is 1.66. The highest BCUT2D eigenvalue weighted by molar-refractivity contribution is 6.30. The maximum absolute atomic E-state index is 9.59. The van der Waals surface area contributed by atoms with E-state index in [2.05, 4.69) is 15.9 Å². The van der Waals surface area contributed by atoms with Crippen LogP contribution in [0, 0.1) is 6.92 Å². The van der Waals surface area contributed by atoms with Gasteiger partial charge in [0.1, 0.15) is 18.1 Å². The summed E-state index contributed by atoms with van der Waals surface area (Å²) in [4.78, 5) is 14.4. The van der Waals surface area contributed by atoms with Gasteiger partial charge in [0, 0.05) is 22.6 Å². The molecule has 29 heavy (non-hydrogen) atoms. The van der Waals surface area contributed by atoms with E-state index in [0.717, 1.165) is 39.9 Å². The molecule has 2 heterocycles. The van der Waals surface area contributed by atoms with E-state index in [-0.39, 0.29) is 5.91 Å². The standard InChI is InChI=1S/C18H15ClN4O.C3H7NO/c1-11-21-22-17-10-20-18(12-3-5-13(19)6-4-12)15-9-14(24-2)7-8-16(15)23(11)17;1-2-3(4)5/h3-9H,10H2,1-2H3;2H2,1H3,(H2,4,5). The largest absolute Gasteiger partial charge is 0.497 e. The van der Waals surface area contributed by atoms with E-state index >= 15 is 0 Å². The summed E-state index contributed by atoms with van der Waals surface area (Å²) >= 11 is 6.02. The molecule has 4 rings (SSSR count). The Hall–Kier alpha value is -3.19. The average Bonchev–Trinajstić information content (AvgIpc) is 3.01. The highest BCUT2D eigenvalue weighted by atomic mass is 35.5. The number of fused-ring (bicyclic) bond motifs is 3. The Morgan fingerprint density at radius 1 is 1.21 bits per heavy atom. The number of nitrogens with two attached hydrogens (primary N) is 1. The van der Waals surface area contributed by atoms with Gasteiger partial charge >= 0.3 is 0 Å². The quantitative estimate of drug-likeness (QED) is 0.713.